The van der Waals surface area contributed by atoms with E-state index in [1.54, 1.807) is 0 Å². The Balaban J connectivity index is 1.57. The lowest BCUT2D eigenvalue weighted by Crippen LogP contribution is -2.51. The van der Waals surface area contributed by atoms with Gasteiger partial charge in [0.15, 0.2) is 0 Å². The summed E-state index contributed by atoms with van der Waals surface area (Å²) in [6, 6.07) is 9.31. The molecule has 1 heterocycles. The Morgan fingerprint density at radius 2 is 1.71 bits per heavy atom. The predicted molar refractivity (Wildman–Crippen MR) is 89.5 cm³/mol. The van der Waals surface area contributed by atoms with Gasteiger partial charge in [-0.15, -0.1) is 0 Å². The van der Waals surface area contributed by atoms with Crippen LogP contribution in [0.15, 0.2) is 24.3 Å². The summed E-state index contributed by atoms with van der Waals surface area (Å²) in [7, 11) is 0. The van der Waals surface area contributed by atoms with Gasteiger partial charge in [-0.05, 0) is 43.9 Å². The molecule has 3 rings (SSSR count). The zero-order valence-electron chi connectivity index (χ0n) is 13.5. The SMILES string of the molecule is CCC(C)N1CCN(CC2(c3ccc(N)cc3)CC2)CC1. The van der Waals surface area contributed by atoms with Crippen LogP contribution in [0, 0.1) is 0 Å². The van der Waals surface area contributed by atoms with Crippen LogP contribution in [-0.2, 0) is 5.41 Å². The fourth-order valence-corrected chi connectivity index (χ4v) is 3.57. The molecule has 1 aromatic rings. The molecular formula is C18H29N3. The lowest BCUT2D eigenvalue weighted by Gasteiger charge is -2.39. The van der Waals surface area contributed by atoms with Gasteiger partial charge in [0.1, 0.15) is 0 Å². The highest BCUT2D eigenvalue weighted by Crippen LogP contribution is 2.48. The fraction of sp³-hybridized carbons (Fsp3) is 0.667. The fourth-order valence-electron chi connectivity index (χ4n) is 3.57. The largest absolute Gasteiger partial charge is 0.399 e. The molecule has 21 heavy (non-hydrogen) atoms. The van der Waals surface area contributed by atoms with Gasteiger partial charge in [0.05, 0.1) is 0 Å². The van der Waals surface area contributed by atoms with Crippen LogP contribution in [0.4, 0.5) is 5.69 Å². The second kappa shape index (κ2) is 5.98. The molecule has 3 heteroatoms. The van der Waals surface area contributed by atoms with Crippen molar-refractivity contribution in [3.63, 3.8) is 0 Å². The summed E-state index contributed by atoms with van der Waals surface area (Å²) in [5.74, 6) is 0. The summed E-state index contributed by atoms with van der Waals surface area (Å²) in [6.45, 7) is 10.8. The summed E-state index contributed by atoms with van der Waals surface area (Å²) in [6.07, 6.45) is 3.93. The molecule has 1 atom stereocenters. The van der Waals surface area contributed by atoms with Crippen LogP contribution >= 0.6 is 0 Å². The molecule has 0 aromatic heterocycles. The third-order valence-electron chi connectivity index (χ3n) is 5.52. The highest BCUT2D eigenvalue weighted by Gasteiger charge is 2.45. The van der Waals surface area contributed by atoms with Crippen LogP contribution in [0.1, 0.15) is 38.7 Å². The lowest BCUT2D eigenvalue weighted by molar-refractivity contribution is 0.0944. The molecule has 1 aromatic carbocycles. The minimum Gasteiger partial charge on any atom is -0.399 e. The maximum absolute atomic E-state index is 5.82. The lowest BCUT2D eigenvalue weighted by atomic mass is 9.94. The second-order valence-electron chi connectivity index (χ2n) is 6.97. The number of rotatable bonds is 5. The Hall–Kier alpha value is -1.06. The monoisotopic (exact) mass is 287 g/mol. The first kappa shape index (κ1) is 14.9. The number of nitrogens with two attached hydrogens (primary N) is 1. The van der Waals surface area contributed by atoms with E-state index in [4.69, 9.17) is 5.73 Å². The van der Waals surface area contributed by atoms with Crippen molar-refractivity contribution in [1.82, 2.24) is 9.80 Å². The van der Waals surface area contributed by atoms with Crippen molar-refractivity contribution in [1.29, 1.82) is 0 Å². The van der Waals surface area contributed by atoms with Gasteiger partial charge in [-0.1, -0.05) is 19.1 Å². The van der Waals surface area contributed by atoms with Gasteiger partial charge in [-0.25, -0.2) is 0 Å². The van der Waals surface area contributed by atoms with E-state index in [0.717, 1.165) is 11.7 Å². The van der Waals surface area contributed by atoms with Crippen molar-refractivity contribution in [2.24, 2.45) is 0 Å². The summed E-state index contributed by atoms with van der Waals surface area (Å²) in [4.78, 5) is 5.31. The summed E-state index contributed by atoms with van der Waals surface area (Å²) >= 11 is 0. The predicted octanol–water partition coefficient (Wildman–Crippen LogP) is 2.72. The molecule has 1 saturated heterocycles. The summed E-state index contributed by atoms with van der Waals surface area (Å²) in [5, 5.41) is 0. The van der Waals surface area contributed by atoms with Crippen LogP contribution in [0.5, 0.6) is 0 Å². The molecule has 1 unspecified atom stereocenters. The Morgan fingerprint density at radius 3 is 2.24 bits per heavy atom. The third kappa shape index (κ3) is 3.24. The average molecular weight is 287 g/mol. The van der Waals surface area contributed by atoms with Crippen molar-refractivity contribution in [2.45, 2.75) is 44.6 Å². The number of nitrogen functional groups attached to an aromatic ring is 1. The van der Waals surface area contributed by atoms with Crippen LogP contribution in [0.3, 0.4) is 0 Å². The van der Waals surface area contributed by atoms with Gasteiger partial charge in [-0.2, -0.15) is 0 Å². The maximum Gasteiger partial charge on any atom is 0.0314 e. The van der Waals surface area contributed by atoms with Crippen molar-refractivity contribution >= 4 is 5.69 Å². The topological polar surface area (TPSA) is 32.5 Å². The zero-order chi connectivity index (χ0) is 14.9. The Morgan fingerprint density at radius 1 is 1.10 bits per heavy atom. The van der Waals surface area contributed by atoms with E-state index >= 15 is 0 Å². The van der Waals surface area contributed by atoms with Crippen molar-refractivity contribution in [3.8, 4) is 0 Å². The highest BCUT2D eigenvalue weighted by atomic mass is 15.3. The van der Waals surface area contributed by atoms with Crippen LogP contribution in [0.2, 0.25) is 0 Å². The number of nitrogens with zero attached hydrogens (tertiary/aromatic N) is 2. The van der Waals surface area contributed by atoms with Crippen LogP contribution in [0.25, 0.3) is 0 Å². The van der Waals surface area contributed by atoms with Gasteiger partial charge < -0.3 is 5.73 Å². The number of piperazine rings is 1. The molecule has 0 spiro atoms. The number of hydrogen-bond acceptors (Lipinski definition) is 3. The van der Waals surface area contributed by atoms with E-state index in [-0.39, 0.29) is 0 Å². The molecule has 0 radical (unpaired) electrons. The van der Waals surface area contributed by atoms with Crippen LogP contribution in [-0.4, -0.2) is 48.6 Å². The first-order chi connectivity index (χ1) is 10.1. The van der Waals surface area contributed by atoms with Gasteiger partial charge in [0.2, 0.25) is 0 Å². The second-order valence-corrected chi connectivity index (χ2v) is 6.97. The van der Waals surface area contributed by atoms with E-state index in [9.17, 15) is 0 Å². The first-order valence-corrected chi connectivity index (χ1v) is 8.45. The Labute approximate surface area is 129 Å². The number of benzene rings is 1. The smallest absolute Gasteiger partial charge is 0.0314 e. The molecule has 2 aliphatic rings. The third-order valence-corrected chi connectivity index (χ3v) is 5.52. The molecule has 2 N–H and O–H groups in total. The minimum atomic E-state index is 0.423. The van der Waals surface area contributed by atoms with Gasteiger partial charge in [0.25, 0.3) is 0 Å². The first-order valence-electron chi connectivity index (χ1n) is 8.45. The average Bonchev–Trinajstić information content (AvgIpc) is 3.28. The van der Waals surface area contributed by atoms with Gasteiger partial charge in [-0.3, -0.25) is 9.80 Å². The zero-order valence-corrected chi connectivity index (χ0v) is 13.5. The number of anilines is 1. The quantitative estimate of drug-likeness (QED) is 0.845. The molecule has 2 fully saturated rings. The van der Waals surface area contributed by atoms with E-state index < -0.39 is 0 Å². The van der Waals surface area contributed by atoms with Crippen molar-refractivity contribution in [2.75, 3.05) is 38.5 Å². The van der Waals surface area contributed by atoms with Crippen LogP contribution < -0.4 is 5.73 Å². The van der Waals surface area contributed by atoms with Crippen molar-refractivity contribution < 1.29 is 0 Å². The van der Waals surface area contributed by atoms with E-state index in [0.29, 0.717) is 5.41 Å². The maximum atomic E-state index is 5.82. The summed E-state index contributed by atoms with van der Waals surface area (Å²) in [5.41, 5.74) is 8.60. The molecule has 0 amide bonds. The van der Waals surface area contributed by atoms with Gasteiger partial charge in [0, 0.05) is 49.9 Å². The molecule has 116 valence electrons. The molecule has 3 nitrogen and oxygen atoms in total. The summed E-state index contributed by atoms with van der Waals surface area (Å²) < 4.78 is 0. The molecule has 1 saturated carbocycles. The molecule has 0 bridgehead atoms. The van der Waals surface area contributed by atoms with Crippen molar-refractivity contribution in [3.05, 3.63) is 29.8 Å². The van der Waals surface area contributed by atoms with Gasteiger partial charge >= 0.3 is 0 Å². The number of hydrogen-bond donors (Lipinski definition) is 1. The van der Waals surface area contributed by atoms with E-state index in [1.165, 1.54) is 57.5 Å². The molecule has 1 aliphatic heterocycles. The highest BCUT2D eigenvalue weighted by molar-refractivity contribution is 5.43. The minimum absolute atomic E-state index is 0.423. The normalized spacial score (nSPS) is 23.9. The Bertz CT molecular complexity index is 456. The molecule has 1 aliphatic carbocycles. The molecular weight excluding hydrogens is 258 g/mol. The standard InChI is InChI=1S/C18H29N3/c1-3-15(2)21-12-10-20(11-13-21)14-18(8-9-18)16-4-6-17(19)7-5-16/h4-7,15H,3,8-14,19H2,1-2H3. The Kier molecular flexibility index (Phi) is 4.23. The van der Waals surface area contributed by atoms with E-state index in [2.05, 4.69) is 47.9 Å². The van der Waals surface area contributed by atoms with E-state index in [1.807, 2.05) is 0 Å².